The SMILES string of the molecule is COc1cc(N)cc(CSc2nccc(=O)[nH]2)c1. The maximum absolute atomic E-state index is 11.1. The van der Waals surface area contributed by atoms with Gasteiger partial charge in [-0.3, -0.25) is 4.79 Å². The lowest BCUT2D eigenvalue weighted by atomic mass is 10.2. The summed E-state index contributed by atoms with van der Waals surface area (Å²) in [7, 11) is 1.60. The van der Waals surface area contributed by atoms with E-state index in [2.05, 4.69) is 9.97 Å². The number of hydrogen-bond donors (Lipinski definition) is 2. The van der Waals surface area contributed by atoms with E-state index in [9.17, 15) is 4.79 Å². The standard InChI is InChI=1S/C12H13N3O2S/c1-17-10-5-8(4-9(13)6-10)7-18-12-14-3-2-11(16)15-12/h2-6H,7,13H2,1H3,(H,14,15,16). The number of H-pyrrole nitrogens is 1. The van der Waals surface area contributed by atoms with Crippen LogP contribution in [0.5, 0.6) is 5.75 Å². The molecule has 6 heteroatoms. The molecule has 0 atom stereocenters. The lowest BCUT2D eigenvalue weighted by Crippen LogP contribution is -2.05. The van der Waals surface area contributed by atoms with Crippen LogP contribution in [0.15, 0.2) is 40.4 Å². The summed E-state index contributed by atoms with van der Waals surface area (Å²) in [6.45, 7) is 0. The number of nitrogens with two attached hydrogens (primary N) is 1. The first-order valence-electron chi connectivity index (χ1n) is 5.29. The predicted octanol–water partition coefficient (Wildman–Crippen LogP) is 1.65. The Morgan fingerprint density at radius 3 is 3.00 bits per heavy atom. The van der Waals surface area contributed by atoms with Gasteiger partial charge in [-0.25, -0.2) is 4.98 Å². The van der Waals surface area contributed by atoms with Gasteiger partial charge in [-0.1, -0.05) is 11.8 Å². The second kappa shape index (κ2) is 5.59. The van der Waals surface area contributed by atoms with Crippen molar-refractivity contribution in [3.8, 4) is 5.75 Å². The van der Waals surface area contributed by atoms with Crippen molar-refractivity contribution in [2.75, 3.05) is 12.8 Å². The molecule has 2 rings (SSSR count). The van der Waals surface area contributed by atoms with Crippen LogP contribution in [0.1, 0.15) is 5.56 Å². The van der Waals surface area contributed by atoms with Crippen LogP contribution in [0, 0.1) is 0 Å². The summed E-state index contributed by atoms with van der Waals surface area (Å²) in [6, 6.07) is 6.92. The molecule has 0 saturated heterocycles. The van der Waals surface area contributed by atoms with Crippen LogP contribution in [-0.4, -0.2) is 17.1 Å². The van der Waals surface area contributed by atoms with Crippen LogP contribution in [0.25, 0.3) is 0 Å². The van der Waals surface area contributed by atoms with Gasteiger partial charge in [0.05, 0.1) is 7.11 Å². The van der Waals surface area contributed by atoms with Gasteiger partial charge in [0.25, 0.3) is 5.56 Å². The van der Waals surface area contributed by atoms with Crippen LogP contribution in [-0.2, 0) is 5.75 Å². The fraction of sp³-hybridized carbons (Fsp3) is 0.167. The maximum Gasteiger partial charge on any atom is 0.251 e. The van der Waals surface area contributed by atoms with Crippen molar-refractivity contribution in [1.29, 1.82) is 0 Å². The highest BCUT2D eigenvalue weighted by Gasteiger charge is 2.02. The molecule has 94 valence electrons. The Hall–Kier alpha value is -1.95. The molecule has 0 radical (unpaired) electrons. The summed E-state index contributed by atoms with van der Waals surface area (Å²) in [5, 5.41) is 0.587. The normalized spacial score (nSPS) is 10.3. The molecule has 0 aliphatic heterocycles. The summed E-state index contributed by atoms with van der Waals surface area (Å²) >= 11 is 1.44. The molecule has 1 aromatic carbocycles. The topological polar surface area (TPSA) is 81.0 Å². The van der Waals surface area contributed by atoms with E-state index in [0.29, 0.717) is 16.6 Å². The molecule has 18 heavy (non-hydrogen) atoms. The molecule has 0 aliphatic carbocycles. The maximum atomic E-state index is 11.1. The van der Waals surface area contributed by atoms with Crippen LogP contribution in [0.4, 0.5) is 5.69 Å². The lowest BCUT2D eigenvalue weighted by molar-refractivity contribution is 0.414. The Kier molecular flexibility index (Phi) is 3.88. The van der Waals surface area contributed by atoms with E-state index >= 15 is 0 Å². The number of aromatic amines is 1. The van der Waals surface area contributed by atoms with Crippen molar-refractivity contribution in [3.63, 3.8) is 0 Å². The molecule has 0 fully saturated rings. The monoisotopic (exact) mass is 263 g/mol. The fourth-order valence-corrected chi connectivity index (χ4v) is 2.24. The Morgan fingerprint density at radius 1 is 1.44 bits per heavy atom. The van der Waals surface area contributed by atoms with Crippen LogP contribution >= 0.6 is 11.8 Å². The van der Waals surface area contributed by atoms with Crippen LogP contribution in [0.3, 0.4) is 0 Å². The van der Waals surface area contributed by atoms with E-state index in [1.54, 1.807) is 13.2 Å². The highest BCUT2D eigenvalue weighted by Crippen LogP contribution is 2.24. The molecule has 0 bridgehead atoms. The van der Waals surface area contributed by atoms with Crippen molar-refractivity contribution in [2.24, 2.45) is 0 Å². The minimum atomic E-state index is -0.155. The number of rotatable bonds is 4. The van der Waals surface area contributed by atoms with Gasteiger partial charge in [-0.05, 0) is 17.7 Å². The molecule has 5 nitrogen and oxygen atoms in total. The zero-order chi connectivity index (χ0) is 13.0. The third-order valence-corrected chi connectivity index (χ3v) is 3.21. The van der Waals surface area contributed by atoms with Gasteiger partial charge in [0.1, 0.15) is 5.75 Å². The van der Waals surface area contributed by atoms with Crippen molar-refractivity contribution >= 4 is 17.4 Å². The van der Waals surface area contributed by atoms with Crippen molar-refractivity contribution in [2.45, 2.75) is 10.9 Å². The molecule has 0 spiro atoms. The third-order valence-electron chi connectivity index (χ3n) is 2.25. The Balaban J connectivity index is 2.10. The first-order chi connectivity index (χ1) is 8.67. The van der Waals surface area contributed by atoms with E-state index in [4.69, 9.17) is 10.5 Å². The Bertz CT molecular complexity index is 598. The summed E-state index contributed by atoms with van der Waals surface area (Å²) in [4.78, 5) is 17.8. The number of aromatic nitrogens is 2. The first-order valence-corrected chi connectivity index (χ1v) is 6.27. The second-order valence-electron chi connectivity index (χ2n) is 3.64. The quantitative estimate of drug-likeness (QED) is 0.498. The predicted molar refractivity (Wildman–Crippen MR) is 71.8 cm³/mol. The molecule has 1 heterocycles. The smallest absolute Gasteiger partial charge is 0.251 e. The minimum Gasteiger partial charge on any atom is -0.497 e. The molecular formula is C12H13N3O2S. The number of methoxy groups -OCH3 is 1. The lowest BCUT2D eigenvalue weighted by Gasteiger charge is -2.06. The zero-order valence-electron chi connectivity index (χ0n) is 9.84. The van der Waals surface area contributed by atoms with Gasteiger partial charge >= 0.3 is 0 Å². The van der Waals surface area contributed by atoms with Crippen molar-refractivity contribution in [3.05, 3.63) is 46.4 Å². The zero-order valence-corrected chi connectivity index (χ0v) is 10.7. The highest BCUT2D eigenvalue weighted by atomic mass is 32.2. The van der Waals surface area contributed by atoms with E-state index < -0.39 is 0 Å². The largest absolute Gasteiger partial charge is 0.497 e. The van der Waals surface area contributed by atoms with Crippen LogP contribution in [0.2, 0.25) is 0 Å². The Morgan fingerprint density at radius 2 is 2.28 bits per heavy atom. The number of thioether (sulfide) groups is 1. The average Bonchev–Trinajstić information content (AvgIpc) is 2.36. The number of hydrogen-bond acceptors (Lipinski definition) is 5. The third kappa shape index (κ3) is 3.27. The Labute approximate surface area is 108 Å². The fourth-order valence-electron chi connectivity index (χ4n) is 1.46. The van der Waals surface area contributed by atoms with Gasteiger partial charge in [-0.2, -0.15) is 0 Å². The number of nitrogens with zero attached hydrogens (tertiary/aromatic N) is 1. The molecule has 2 aromatic rings. The number of benzene rings is 1. The second-order valence-corrected chi connectivity index (χ2v) is 4.61. The van der Waals surface area contributed by atoms with E-state index in [0.717, 1.165) is 11.3 Å². The van der Waals surface area contributed by atoms with Gasteiger partial charge in [0.15, 0.2) is 5.16 Å². The van der Waals surface area contributed by atoms with Gasteiger partial charge in [0.2, 0.25) is 0 Å². The highest BCUT2D eigenvalue weighted by molar-refractivity contribution is 7.98. The summed E-state index contributed by atoms with van der Waals surface area (Å²) in [5.74, 6) is 1.38. The first kappa shape index (κ1) is 12.5. The van der Waals surface area contributed by atoms with Gasteiger partial charge < -0.3 is 15.5 Å². The number of anilines is 1. The number of nitrogen functional groups attached to an aromatic ring is 1. The van der Waals surface area contributed by atoms with Crippen molar-refractivity contribution in [1.82, 2.24) is 9.97 Å². The summed E-state index contributed by atoms with van der Waals surface area (Å²) in [6.07, 6.45) is 1.49. The summed E-state index contributed by atoms with van der Waals surface area (Å²) in [5.41, 5.74) is 7.28. The van der Waals surface area contributed by atoms with Crippen LogP contribution < -0.4 is 16.0 Å². The van der Waals surface area contributed by atoms with E-state index in [1.165, 1.54) is 24.0 Å². The van der Waals surface area contributed by atoms with E-state index in [-0.39, 0.29) is 5.56 Å². The van der Waals surface area contributed by atoms with Gasteiger partial charge in [-0.15, -0.1) is 0 Å². The molecule has 3 N–H and O–H groups in total. The molecule has 1 aromatic heterocycles. The molecular weight excluding hydrogens is 250 g/mol. The average molecular weight is 263 g/mol. The van der Waals surface area contributed by atoms with Gasteiger partial charge in [0, 0.05) is 29.8 Å². The number of ether oxygens (including phenoxy) is 1. The molecule has 0 unspecified atom stereocenters. The molecule has 0 aliphatic rings. The number of nitrogens with one attached hydrogen (secondary N) is 1. The van der Waals surface area contributed by atoms with E-state index in [1.807, 2.05) is 12.1 Å². The molecule has 0 amide bonds. The summed E-state index contributed by atoms with van der Waals surface area (Å²) < 4.78 is 5.14. The minimum absolute atomic E-state index is 0.155. The molecule has 0 saturated carbocycles. The van der Waals surface area contributed by atoms with Crippen molar-refractivity contribution < 1.29 is 4.74 Å².